The van der Waals surface area contributed by atoms with Gasteiger partial charge in [-0.3, -0.25) is 4.79 Å². The lowest BCUT2D eigenvalue weighted by molar-refractivity contribution is -0.121. The van der Waals surface area contributed by atoms with E-state index in [0.717, 1.165) is 29.5 Å². The normalized spacial score (nSPS) is 13.4. The van der Waals surface area contributed by atoms with E-state index in [1.807, 2.05) is 39.8 Å². The Morgan fingerprint density at radius 2 is 1.58 bits per heavy atom. The Balaban J connectivity index is 2.39. The van der Waals surface area contributed by atoms with E-state index in [0.29, 0.717) is 5.75 Å². The summed E-state index contributed by atoms with van der Waals surface area (Å²) in [5.74, 6) is 0.833. The van der Waals surface area contributed by atoms with Crippen LogP contribution in [0, 0.1) is 19.3 Å². The topological polar surface area (TPSA) is 66.8 Å². The summed E-state index contributed by atoms with van der Waals surface area (Å²) in [6.45, 7) is 14.1. The summed E-state index contributed by atoms with van der Waals surface area (Å²) in [7, 11) is 0. The molecule has 180 valence electrons. The van der Waals surface area contributed by atoms with Gasteiger partial charge in [0, 0.05) is 10.8 Å². The molecule has 2 rings (SSSR count). The molecule has 4 heteroatoms. The number of ether oxygens (including phenoxy) is 1. The van der Waals surface area contributed by atoms with Gasteiger partial charge < -0.3 is 14.9 Å². The van der Waals surface area contributed by atoms with Gasteiger partial charge in [-0.05, 0) is 66.6 Å². The van der Waals surface area contributed by atoms with Gasteiger partial charge in [-0.1, -0.05) is 71.0 Å². The van der Waals surface area contributed by atoms with Crippen molar-refractivity contribution in [2.75, 3.05) is 13.2 Å². The van der Waals surface area contributed by atoms with Crippen molar-refractivity contribution in [3.05, 3.63) is 70.3 Å². The van der Waals surface area contributed by atoms with Crippen LogP contribution in [0.4, 0.5) is 0 Å². The number of aliphatic hydroxyl groups excluding tert-OH is 2. The zero-order valence-corrected chi connectivity index (χ0v) is 21.2. The number of benzene rings is 2. The number of aryl methyl sites for hydroxylation is 2. The number of carbonyl (C=O) groups is 1. The van der Waals surface area contributed by atoms with E-state index in [1.54, 1.807) is 6.08 Å². The van der Waals surface area contributed by atoms with Gasteiger partial charge in [0.1, 0.15) is 18.5 Å². The molecule has 0 aliphatic rings. The van der Waals surface area contributed by atoms with Crippen molar-refractivity contribution >= 4 is 11.9 Å². The largest absolute Gasteiger partial charge is 0.491 e. The van der Waals surface area contributed by atoms with Crippen LogP contribution in [0.3, 0.4) is 0 Å². The Bertz CT molecular complexity index is 978. The Hall–Kier alpha value is -2.43. The third kappa shape index (κ3) is 6.33. The minimum atomic E-state index is -0.885. The molecule has 33 heavy (non-hydrogen) atoms. The molecule has 1 atom stereocenters. The number of hydrogen-bond donors (Lipinski definition) is 2. The van der Waals surface area contributed by atoms with Crippen LogP contribution in [0.25, 0.3) is 6.08 Å². The number of aliphatic hydroxyl groups is 2. The van der Waals surface area contributed by atoms with Gasteiger partial charge in [0.25, 0.3) is 0 Å². The number of allylic oxidation sites excluding steroid dienone is 1. The molecule has 0 saturated heterocycles. The fourth-order valence-corrected chi connectivity index (χ4v) is 4.16. The highest BCUT2D eigenvalue weighted by Gasteiger charge is 2.31. The molecule has 2 aromatic carbocycles. The molecular weight excluding hydrogens is 412 g/mol. The Kier molecular flexibility index (Phi) is 9.04. The summed E-state index contributed by atoms with van der Waals surface area (Å²) in [4.78, 5) is 12.3. The van der Waals surface area contributed by atoms with Gasteiger partial charge in [-0.2, -0.15) is 0 Å². The van der Waals surface area contributed by atoms with E-state index in [-0.39, 0.29) is 29.8 Å². The summed E-state index contributed by atoms with van der Waals surface area (Å²) in [5, 5.41) is 18.6. The lowest BCUT2D eigenvalue weighted by Gasteiger charge is -2.34. The Labute approximate surface area is 199 Å². The average molecular weight is 453 g/mol. The molecule has 0 spiro atoms. The summed E-state index contributed by atoms with van der Waals surface area (Å²) in [5.41, 5.74) is 5.17. The lowest BCUT2D eigenvalue weighted by atomic mass is 9.70. The first-order valence-electron chi connectivity index (χ1n) is 11.8. The standard InChI is InChI=1S/C29H40O4/c1-8-29(9-2,24-13-14-26(21(4)17-24)33-19-25(31)18-30)23-12-10-22(20(3)16-23)11-15-27(32)28(5,6)7/h10-17,25,30-31H,8-9,18-19H2,1-7H3/b15-11+/t25-/m0/s1. The van der Waals surface area contributed by atoms with Crippen LogP contribution in [0.2, 0.25) is 0 Å². The average Bonchev–Trinajstić information content (AvgIpc) is 2.78. The molecule has 0 radical (unpaired) electrons. The zero-order chi connectivity index (χ0) is 24.8. The van der Waals surface area contributed by atoms with E-state index >= 15 is 0 Å². The predicted octanol–water partition coefficient (Wildman–Crippen LogP) is 5.77. The van der Waals surface area contributed by atoms with Crippen LogP contribution in [-0.2, 0) is 10.2 Å². The van der Waals surface area contributed by atoms with Crippen molar-refractivity contribution in [3.8, 4) is 5.75 Å². The maximum atomic E-state index is 12.3. The maximum Gasteiger partial charge on any atom is 0.161 e. The van der Waals surface area contributed by atoms with E-state index in [4.69, 9.17) is 9.84 Å². The molecule has 0 aliphatic carbocycles. The lowest BCUT2D eigenvalue weighted by Crippen LogP contribution is -2.26. The van der Waals surface area contributed by atoms with Gasteiger partial charge in [0.05, 0.1) is 6.61 Å². The molecule has 0 amide bonds. The molecular formula is C29H40O4. The van der Waals surface area contributed by atoms with Crippen LogP contribution < -0.4 is 4.74 Å². The van der Waals surface area contributed by atoms with Crippen LogP contribution >= 0.6 is 0 Å². The third-order valence-corrected chi connectivity index (χ3v) is 6.55. The second kappa shape index (κ2) is 11.1. The second-order valence-corrected chi connectivity index (χ2v) is 9.94. The van der Waals surface area contributed by atoms with Crippen molar-refractivity contribution in [2.24, 2.45) is 5.41 Å². The molecule has 0 bridgehead atoms. The van der Waals surface area contributed by atoms with Gasteiger partial charge in [-0.15, -0.1) is 0 Å². The van der Waals surface area contributed by atoms with Gasteiger partial charge in [0.15, 0.2) is 5.78 Å². The van der Waals surface area contributed by atoms with E-state index < -0.39 is 6.10 Å². The van der Waals surface area contributed by atoms with Crippen molar-refractivity contribution in [2.45, 2.75) is 72.8 Å². The van der Waals surface area contributed by atoms with Gasteiger partial charge >= 0.3 is 0 Å². The van der Waals surface area contributed by atoms with Crippen molar-refractivity contribution in [1.82, 2.24) is 0 Å². The smallest absolute Gasteiger partial charge is 0.161 e. The summed E-state index contributed by atoms with van der Waals surface area (Å²) >= 11 is 0. The fourth-order valence-electron chi connectivity index (χ4n) is 4.16. The second-order valence-electron chi connectivity index (χ2n) is 9.94. The zero-order valence-electron chi connectivity index (χ0n) is 21.2. The van der Waals surface area contributed by atoms with Crippen LogP contribution in [0.5, 0.6) is 5.75 Å². The van der Waals surface area contributed by atoms with E-state index in [1.165, 1.54) is 11.1 Å². The molecule has 4 nitrogen and oxygen atoms in total. The Morgan fingerprint density at radius 3 is 2.06 bits per heavy atom. The molecule has 2 aromatic rings. The quantitative estimate of drug-likeness (QED) is 0.449. The molecule has 0 aliphatic heterocycles. The van der Waals surface area contributed by atoms with Crippen LogP contribution in [0.1, 0.15) is 75.3 Å². The highest BCUT2D eigenvalue weighted by molar-refractivity contribution is 5.97. The molecule has 2 N–H and O–H groups in total. The van der Waals surface area contributed by atoms with Gasteiger partial charge in [-0.25, -0.2) is 0 Å². The van der Waals surface area contributed by atoms with Gasteiger partial charge in [0.2, 0.25) is 0 Å². The SMILES string of the molecule is CCC(CC)(c1ccc(/C=C/C(=O)C(C)(C)C)c(C)c1)c1ccc(OC[C@@H](O)CO)c(C)c1. The highest BCUT2D eigenvalue weighted by atomic mass is 16.5. The molecule has 0 unspecified atom stereocenters. The summed E-state index contributed by atoms with van der Waals surface area (Å²) in [6, 6.07) is 12.8. The van der Waals surface area contributed by atoms with Crippen molar-refractivity contribution < 1.29 is 19.7 Å². The first-order chi connectivity index (χ1) is 15.5. The summed E-state index contributed by atoms with van der Waals surface area (Å²) in [6.07, 6.45) is 4.62. The molecule has 0 aromatic heterocycles. The first-order valence-corrected chi connectivity index (χ1v) is 11.8. The van der Waals surface area contributed by atoms with Crippen molar-refractivity contribution in [1.29, 1.82) is 0 Å². The number of ketones is 1. The van der Waals surface area contributed by atoms with Crippen molar-refractivity contribution in [3.63, 3.8) is 0 Å². The summed E-state index contributed by atoms with van der Waals surface area (Å²) < 4.78 is 5.69. The van der Waals surface area contributed by atoms with Crippen LogP contribution in [0.15, 0.2) is 42.5 Å². The van der Waals surface area contributed by atoms with E-state index in [9.17, 15) is 9.90 Å². The maximum absolute atomic E-state index is 12.3. The fraction of sp³-hybridized carbons (Fsp3) is 0.483. The van der Waals surface area contributed by atoms with Crippen LogP contribution in [-0.4, -0.2) is 35.3 Å². The predicted molar refractivity (Wildman–Crippen MR) is 136 cm³/mol. The third-order valence-electron chi connectivity index (χ3n) is 6.55. The minimum Gasteiger partial charge on any atom is -0.491 e. The highest BCUT2D eigenvalue weighted by Crippen LogP contribution is 2.41. The number of carbonyl (C=O) groups excluding carboxylic acids is 1. The monoisotopic (exact) mass is 452 g/mol. The number of rotatable bonds is 10. The number of hydrogen-bond acceptors (Lipinski definition) is 4. The molecule has 0 heterocycles. The minimum absolute atomic E-state index is 0.0648. The Morgan fingerprint density at radius 1 is 1.00 bits per heavy atom. The molecule has 0 fully saturated rings. The van der Waals surface area contributed by atoms with E-state index in [2.05, 4.69) is 51.1 Å². The first kappa shape index (κ1) is 26.8. The molecule has 0 saturated carbocycles.